The van der Waals surface area contributed by atoms with E-state index in [1.54, 1.807) is 0 Å². The van der Waals surface area contributed by atoms with Gasteiger partial charge in [0.1, 0.15) is 0 Å². The van der Waals surface area contributed by atoms with Crippen LogP contribution in [0.15, 0.2) is 12.7 Å². The van der Waals surface area contributed by atoms with Gasteiger partial charge in [0, 0.05) is 6.54 Å². The van der Waals surface area contributed by atoms with Crippen molar-refractivity contribution in [2.45, 2.75) is 6.10 Å². The maximum absolute atomic E-state index is 10.5. The van der Waals surface area contributed by atoms with Crippen LogP contribution in [0.2, 0.25) is 0 Å². The number of carboxylic acid groups (broad SMARTS) is 2. The normalized spacial score (nSPS) is 12.4. The average Bonchev–Trinajstić information content (AvgIpc) is 2.15. The first-order chi connectivity index (χ1) is 7.95. The number of hydrogen-bond acceptors (Lipinski definition) is 5. The Kier molecular flexibility index (Phi) is 7.95. The highest BCUT2D eigenvalue weighted by atomic mass is 16.5. The predicted octanol–water partition coefficient (Wildman–Crippen LogP) is -0.979. The van der Waals surface area contributed by atoms with Crippen LogP contribution < -0.4 is 0 Å². The van der Waals surface area contributed by atoms with Crippen LogP contribution >= 0.6 is 0 Å². The molecule has 0 amide bonds. The van der Waals surface area contributed by atoms with Gasteiger partial charge < -0.3 is 20.1 Å². The zero-order chi connectivity index (χ0) is 13.3. The molecule has 0 spiro atoms. The SMILES string of the molecule is C=CCOC[C@H](O)CN(CC(=O)O)CC(=O)O. The van der Waals surface area contributed by atoms with Crippen LogP contribution in [-0.4, -0.2) is 71.1 Å². The van der Waals surface area contributed by atoms with Crippen LogP contribution in [0.3, 0.4) is 0 Å². The summed E-state index contributed by atoms with van der Waals surface area (Å²) in [5.74, 6) is -2.30. The largest absolute Gasteiger partial charge is 0.480 e. The van der Waals surface area contributed by atoms with Gasteiger partial charge >= 0.3 is 11.9 Å². The van der Waals surface area contributed by atoms with E-state index in [1.165, 1.54) is 6.08 Å². The highest BCUT2D eigenvalue weighted by molar-refractivity contribution is 5.72. The van der Waals surface area contributed by atoms with E-state index in [-0.39, 0.29) is 19.8 Å². The lowest BCUT2D eigenvalue weighted by atomic mass is 10.3. The fourth-order valence-corrected chi connectivity index (χ4v) is 1.21. The van der Waals surface area contributed by atoms with Gasteiger partial charge in [-0.2, -0.15) is 0 Å². The Morgan fingerprint density at radius 2 is 1.82 bits per heavy atom. The Labute approximate surface area is 98.9 Å². The van der Waals surface area contributed by atoms with E-state index in [0.29, 0.717) is 0 Å². The Balaban J connectivity index is 4.06. The lowest BCUT2D eigenvalue weighted by Gasteiger charge is -2.21. The number of carboxylic acids is 2. The average molecular weight is 247 g/mol. The van der Waals surface area contributed by atoms with E-state index in [0.717, 1.165) is 4.90 Å². The number of aliphatic hydroxyl groups is 1. The van der Waals surface area contributed by atoms with Gasteiger partial charge in [0.2, 0.25) is 0 Å². The van der Waals surface area contributed by atoms with E-state index in [4.69, 9.17) is 14.9 Å². The number of nitrogens with zero attached hydrogens (tertiary/aromatic N) is 1. The van der Waals surface area contributed by atoms with E-state index in [2.05, 4.69) is 6.58 Å². The van der Waals surface area contributed by atoms with Crippen molar-refractivity contribution in [3.05, 3.63) is 12.7 Å². The summed E-state index contributed by atoms with van der Waals surface area (Å²) in [6.07, 6.45) is 0.576. The monoisotopic (exact) mass is 247 g/mol. The van der Waals surface area contributed by atoms with Gasteiger partial charge in [0.15, 0.2) is 0 Å². The summed E-state index contributed by atoms with van der Waals surface area (Å²) in [5, 5.41) is 26.6. The van der Waals surface area contributed by atoms with Crippen LogP contribution in [-0.2, 0) is 14.3 Å². The first-order valence-electron chi connectivity index (χ1n) is 4.98. The van der Waals surface area contributed by atoms with E-state index in [1.807, 2.05) is 0 Å². The third kappa shape index (κ3) is 9.49. The molecule has 0 aromatic rings. The van der Waals surface area contributed by atoms with Crippen LogP contribution in [0, 0.1) is 0 Å². The summed E-state index contributed by atoms with van der Waals surface area (Å²) < 4.78 is 4.97. The maximum atomic E-state index is 10.5. The second-order valence-corrected chi connectivity index (χ2v) is 3.44. The molecule has 0 saturated carbocycles. The van der Waals surface area contributed by atoms with Gasteiger partial charge in [-0.1, -0.05) is 6.08 Å². The number of aliphatic hydroxyl groups excluding tert-OH is 1. The molecule has 0 unspecified atom stereocenters. The molecule has 0 saturated heterocycles. The molecule has 0 bridgehead atoms. The van der Waals surface area contributed by atoms with Crippen LogP contribution in [0.5, 0.6) is 0 Å². The molecule has 0 rings (SSSR count). The maximum Gasteiger partial charge on any atom is 0.317 e. The minimum Gasteiger partial charge on any atom is -0.480 e. The highest BCUT2D eigenvalue weighted by Crippen LogP contribution is 1.94. The molecule has 0 aliphatic heterocycles. The van der Waals surface area contributed by atoms with Crippen LogP contribution in [0.1, 0.15) is 0 Å². The molecule has 0 radical (unpaired) electrons. The minimum absolute atomic E-state index is 0.00174. The molecule has 0 aromatic heterocycles. The summed E-state index contributed by atoms with van der Waals surface area (Å²) in [7, 11) is 0. The molecule has 0 aliphatic rings. The molecule has 0 heterocycles. The quantitative estimate of drug-likeness (QED) is 0.336. The number of aliphatic carboxylic acids is 2. The van der Waals surface area contributed by atoms with E-state index >= 15 is 0 Å². The summed E-state index contributed by atoms with van der Waals surface area (Å²) >= 11 is 0. The molecule has 17 heavy (non-hydrogen) atoms. The minimum atomic E-state index is -1.15. The number of hydrogen-bond donors (Lipinski definition) is 3. The zero-order valence-corrected chi connectivity index (χ0v) is 9.41. The zero-order valence-electron chi connectivity index (χ0n) is 9.41. The lowest BCUT2D eigenvalue weighted by molar-refractivity contribution is -0.142. The highest BCUT2D eigenvalue weighted by Gasteiger charge is 2.17. The van der Waals surface area contributed by atoms with Crippen LogP contribution in [0.4, 0.5) is 0 Å². The van der Waals surface area contributed by atoms with Gasteiger partial charge in [0.25, 0.3) is 0 Å². The summed E-state index contributed by atoms with van der Waals surface area (Å²) in [5.41, 5.74) is 0. The van der Waals surface area contributed by atoms with Crippen molar-refractivity contribution >= 4 is 11.9 Å². The van der Waals surface area contributed by atoms with Crippen molar-refractivity contribution in [2.75, 3.05) is 32.8 Å². The molecular weight excluding hydrogens is 230 g/mol. The van der Waals surface area contributed by atoms with Crippen LogP contribution in [0.25, 0.3) is 0 Å². The molecule has 0 aromatic carbocycles. The van der Waals surface area contributed by atoms with Crippen molar-refractivity contribution < 1.29 is 29.6 Å². The summed E-state index contributed by atoms with van der Waals surface area (Å²) in [6.45, 7) is 2.75. The Morgan fingerprint density at radius 1 is 1.29 bits per heavy atom. The van der Waals surface area contributed by atoms with Crippen molar-refractivity contribution in [3.63, 3.8) is 0 Å². The standard InChI is InChI=1S/C10H17NO6/c1-2-3-17-7-8(12)4-11(5-9(13)14)6-10(15)16/h2,8,12H,1,3-7H2,(H,13,14)(H,15,16)/t8-/m1/s1. The first kappa shape index (κ1) is 15.6. The van der Waals surface area contributed by atoms with E-state index in [9.17, 15) is 14.7 Å². The topological polar surface area (TPSA) is 107 Å². The molecule has 7 nitrogen and oxygen atoms in total. The third-order valence-corrected chi connectivity index (χ3v) is 1.73. The third-order valence-electron chi connectivity index (χ3n) is 1.73. The van der Waals surface area contributed by atoms with E-state index < -0.39 is 31.1 Å². The summed E-state index contributed by atoms with van der Waals surface area (Å²) in [6, 6.07) is 0. The van der Waals surface area contributed by atoms with Gasteiger partial charge in [-0.3, -0.25) is 14.5 Å². The molecule has 98 valence electrons. The molecule has 0 fully saturated rings. The molecule has 1 atom stereocenters. The van der Waals surface area contributed by atoms with Crippen molar-refractivity contribution in [3.8, 4) is 0 Å². The number of ether oxygens (including phenoxy) is 1. The molecule has 7 heteroatoms. The first-order valence-corrected chi connectivity index (χ1v) is 4.98. The predicted molar refractivity (Wildman–Crippen MR) is 58.7 cm³/mol. The molecule has 3 N–H and O–H groups in total. The second kappa shape index (κ2) is 8.68. The van der Waals surface area contributed by atoms with Gasteiger partial charge in [-0.05, 0) is 0 Å². The number of carbonyl (C=O) groups is 2. The van der Waals surface area contributed by atoms with Gasteiger partial charge in [0.05, 0.1) is 32.4 Å². The number of rotatable bonds is 10. The Morgan fingerprint density at radius 3 is 2.24 bits per heavy atom. The molecular formula is C10H17NO6. The van der Waals surface area contributed by atoms with Gasteiger partial charge in [-0.15, -0.1) is 6.58 Å². The Hall–Kier alpha value is -1.44. The van der Waals surface area contributed by atoms with Gasteiger partial charge in [-0.25, -0.2) is 0 Å². The van der Waals surface area contributed by atoms with Crippen molar-refractivity contribution in [2.24, 2.45) is 0 Å². The second-order valence-electron chi connectivity index (χ2n) is 3.44. The van der Waals surface area contributed by atoms with Crippen molar-refractivity contribution in [1.29, 1.82) is 0 Å². The molecule has 0 aliphatic carbocycles. The summed E-state index contributed by atoms with van der Waals surface area (Å²) in [4.78, 5) is 22.1. The lowest BCUT2D eigenvalue weighted by Crippen LogP contribution is -2.41. The Bertz CT molecular complexity index is 252. The fourth-order valence-electron chi connectivity index (χ4n) is 1.21. The van der Waals surface area contributed by atoms with Crippen molar-refractivity contribution in [1.82, 2.24) is 4.90 Å². The fraction of sp³-hybridized carbons (Fsp3) is 0.600. The smallest absolute Gasteiger partial charge is 0.317 e.